The molecular weight excluding hydrogens is 725 g/mol. The monoisotopic (exact) mass is 758 g/mol. The van der Waals surface area contributed by atoms with Crippen LogP contribution in [0, 0.1) is 0 Å². The van der Waals surface area contributed by atoms with E-state index in [1.807, 2.05) is 17.4 Å². The van der Waals surface area contributed by atoms with Crippen LogP contribution in [0.2, 0.25) is 0 Å². The molecule has 0 bridgehead atoms. The average molecular weight is 759 g/mol. The Labute approximate surface area is 338 Å². The number of hydrogen-bond donors (Lipinski definition) is 0. The number of aromatic nitrogens is 1. The van der Waals surface area contributed by atoms with Gasteiger partial charge in [-0.05, 0) is 82.1 Å². The summed E-state index contributed by atoms with van der Waals surface area (Å²) in [6, 6.07) is 74.2. The van der Waals surface area contributed by atoms with Crippen molar-refractivity contribution in [2.75, 3.05) is 4.90 Å². The lowest BCUT2D eigenvalue weighted by atomic mass is 9.98. The first-order valence-electron chi connectivity index (χ1n) is 19.7. The fourth-order valence-corrected chi connectivity index (χ4v) is 10.2. The summed E-state index contributed by atoms with van der Waals surface area (Å²) in [5, 5.41) is 8.58. The second kappa shape index (κ2) is 13.1. The van der Waals surface area contributed by atoms with Gasteiger partial charge in [0.1, 0.15) is 10.4 Å². The van der Waals surface area contributed by atoms with Crippen molar-refractivity contribution >= 4 is 92.3 Å². The summed E-state index contributed by atoms with van der Waals surface area (Å²) < 4.78 is 10.4. The number of rotatable bonds is 6. The topological polar surface area (TPSA) is 21.3 Å². The Morgan fingerprint density at radius 2 is 1.02 bits per heavy atom. The second-order valence-electron chi connectivity index (χ2n) is 14.9. The molecule has 3 aromatic heterocycles. The molecule has 0 atom stereocenters. The zero-order valence-corrected chi connectivity index (χ0v) is 32.2. The molecule has 58 heavy (non-hydrogen) atoms. The number of benzene rings is 9. The van der Waals surface area contributed by atoms with Gasteiger partial charge in [-0.25, -0.2) is 0 Å². The molecular formula is C54H34N2OS. The van der Waals surface area contributed by atoms with Gasteiger partial charge in [0.15, 0.2) is 5.58 Å². The summed E-state index contributed by atoms with van der Waals surface area (Å²) in [6.45, 7) is 0. The van der Waals surface area contributed by atoms with Gasteiger partial charge in [-0.1, -0.05) is 152 Å². The zero-order valence-electron chi connectivity index (χ0n) is 31.3. The highest BCUT2D eigenvalue weighted by Crippen LogP contribution is 2.47. The van der Waals surface area contributed by atoms with Crippen molar-refractivity contribution in [1.82, 2.24) is 4.57 Å². The highest BCUT2D eigenvalue weighted by Gasteiger charge is 2.22. The summed E-state index contributed by atoms with van der Waals surface area (Å²) in [5.74, 6) is 0. The Morgan fingerprint density at radius 1 is 0.431 bits per heavy atom. The lowest BCUT2D eigenvalue weighted by Crippen LogP contribution is -2.10. The molecule has 0 aliphatic rings. The summed E-state index contributed by atoms with van der Waals surface area (Å²) >= 11 is 1.86. The highest BCUT2D eigenvalue weighted by molar-refractivity contribution is 7.25. The predicted octanol–water partition coefficient (Wildman–Crippen LogP) is 15.9. The normalized spacial score (nSPS) is 11.8. The second-order valence-corrected chi connectivity index (χ2v) is 15.9. The van der Waals surface area contributed by atoms with Gasteiger partial charge in [-0.15, -0.1) is 11.3 Å². The molecule has 272 valence electrons. The van der Waals surface area contributed by atoms with E-state index >= 15 is 0 Å². The van der Waals surface area contributed by atoms with E-state index in [9.17, 15) is 0 Å². The molecule has 3 nitrogen and oxygen atoms in total. The van der Waals surface area contributed by atoms with Crippen molar-refractivity contribution in [3.63, 3.8) is 0 Å². The first kappa shape index (κ1) is 32.8. The summed E-state index contributed by atoms with van der Waals surface area (Å²) in [7, 11) is 0. The molecule has 0 unspecified atom stereocenters. The van der Waals surface area contributed by atoms with Crippen LogP contribution in [0.5, 0.6) is 0 Å². The molecule has 0 N–H and O–H groups in total. The van der Waals surface area contributed by atoms with Crippen molar-refractivity contribution in [3.8, 4) is 27.9 Å². The van der Waals surface area contributed by atoms with Gasteiger partial charge >= 0.3 is 0 Å². The van der Waals surface area contributed by atoms with E-state index in [1.54, 1.807) is 0 Å². The minimum Gasteiger partial charge on any atom is -0.454 e. The van der Waals surface area contributed by atoms with Crippen LogP contribution in [0.3, 0.4) is 0 Å². The molecule has 0 saturated heterocycles. The molecule has 9 aromatic carbocycles. The molecule has 0 aliphatic carbocycles. The molecule has 0 fully saturated rings. The highest BCUT2D eigenvalue weighted by atomic mass is 32.1. The SMILES string of the molecule is c1ccc(-n2c3sc4ccccc4c3c3cccc(-c4ccc(N(c5ccc(-c6cccc7ccccc67)cc5)c5cccc6c5oc5ccccc56)cc4)c32)cc1. The van der Waals surface area contributed by atoms with E-state index in [1.165, 1.54) is 58.7 Å². The fourth-order valence-electron chi connectivity index (χ4n) is 8.99. The molecule has 12 aromatic rings. The molecule has 3 heterocycles. The number of fused-ring (bicyclic) bond motifs is 9. The van der Waals surface area contributed by atoms with Crippen LogP contribution in [0.25, 0.3) is 91.9 Å². The van der Waals surface area contributed by atoms with E-state index in [2.05, 4.69) is 210 Å². The molecule has 0 aliphatic heterocycles. The van der Waals surface area contributed by atoms with Crippen LogP contribution < -0.4 is 4.90 Å². The van der Waals surface area contributed by atoms with Gasteiger partial charge < -0.3 is 13.9 Å². The van der Waals surface area contributed by atoms with Gasteiger partial charge in [-0.2, -0.15) is 0 Å². The van der Waals surface area contributed by atoms with Gasteiger partial charge in [0.2, 0.25) is 0 Å². The van der Waals surface area contributed by atoms with Crippen molar-refractivity contribution in [2.45, 2.75) is 0 Å². The van der Waals surface area contributed by atoms with Crippen molar-refractivity contribution in [3.05, 3.63) is 206 Å². The van der Waals surface area contributed by atoms with E-state index in [0.29, 0.717) is 0 Å². The van der Waals surface area contributed by atoms with Gasteiger partial charge in [0.25, 0.3) is 0 Å². The van der Waals surface area contributed by atoms with Crippen LogP contribution in [0.1, 0.15) is 0 Å². The van der Waals surface area contributed by atoms with Gasteiger partial charge in [0.05, 0.1) is 11.2 Å². The van der Waals surface area contributed by atoms with Crippen LogP contribution in [0.15, 0.2) is 211 Å². The number of para-hydroxylation sites is 4. The van der Waals surface area contributed by atoms with E-state index in [4.69, 9.17) is 4.42 Å². The summed E-state index contributed by atoms with van der Waals surface area (Å²) in [4.78, 5) is 3.60. The third kappa shape index (κ3) is 5.05. The Kier molecular flexibility index (Phi) is 7.40. The van der Waals surface area contributed by atoms with Crippen LogP contribution in [-0.2, 0) is 0 Å². The molecule has 12 rings (SSSR count). The predicted molar refractivity (Wildman–Crippen MR) is 247 cm³/mol. The van der Waals surface area contributed by atoms with Crippen LogP contribution in [0.4, 0.5) is 17.1 Å². The number of furan rings is 1. The summed E-state index contributed by atoms with van der Waals surface area (Å²) in [6.07, 6.45) is 0. The first-order chi connectivity index (χ1) is 28.8. The Hall–Kier alpha value is -7.40. The minimum atomic E-state index is 0.864. The molecule has 0 spiro atoms. The number of nitrogens with zero attached hydrogens (tertiary/aromatic N) is 2. The maximum Gasteiger partial charge on any atom is 0.159 e. The molecule has 4 heteroatoms. The molecule has 0 amide bonds. The lowest BCUT2D eigenvalue weighted by Gasteiger charge is -2.26. The fraction of sp³-hybridized carbons (Fsp3) is 0. The summed E-state index contributed by atoms with van der Waals surface area (Å²) in [5.41, 5.74) is 12.0. The van der Waals surface area contributed by atoms with E-state index < -0.39 is 0 Å². The van der Waals surface area contributed by atoms with Gasteiger partial charge in [-0.3, -0.25) is 0 Å². The maximum atomic E-state index is 6.65. The lowest BCUT2D eigenvalue weighted by molar-refractivity contribution is 0.669. The Balaban J connectivity index is 1.03. The average Bonchev–Trinajstić information content (AvgIpc) is 3.96. The number of thiophene rings is 1. The van der Waals surface area contributed by atoms with Crippen molar-refractivity contribution in [1.29, 1.82) is 0 Å². The largest absolute Gasteiger partial charge is 0.454 e. The first-order valence-corrected chi connectivity index (χ1v) is 20.5. The maximum absolute atomic E-state index is 6.65. The quantitative estimate of drug-likeness (QED) is 0.168. The Bertz CT molecular complexity index is 3500. The zero-order chi connectivity index (χ0) is 38.2. The van der Waals surface area contributed by atoms with Crippen molar-refractivity contribution in [2.24, 2.45) is 0 Å². The molecule has 0 saturated carbocycles. The third-order valence-corrected chi connectivity index (χ3v) is 12.8. The Morgan fingerprint density at radius 3 is 1.83 bits per heavy atom. The van der Waals surface area contributed by atoms with Crippen LogP contribution in [-0.4, -0.2) is 4.57 Å². The van der Waals surface area contributed by atoms with E-state index in [0.717, 1.165) is 50.3 Å². The minimum absolute atomic E-state index is 0.864. The number of anilines is 3. The van der Waals surface area contributed by atoms with Crippen LogP contribution >= 0.6 is 11.3 Å². The smallest absolute Gasteiger partial charge is 0.159 e. The third-order valence-electron chi connectivity index (χ3n) is 11.6. The van der Waals surface area contributed by atoms with Gasteiger partial charge in [0, 0.05) is 54.3 Å². The molecule has 0 radical (unpaired) electrons. The van der Waals surface area contributed by atoms with Crippen molar-refractivity contribution < 1.29 is 4.42 Å². The number of hydrogen-bond acceptors (Lipinski definition) is 3. The van der Waals surface area contributed by atoms with E-state index in [-0.39, 0.29) is 0 Å². The standard InChI is InChI=1S/C54H34N2OS/c1-2-15-38(16-3-1)56-52-43(21-11-23-47(52)51-46-19-7-9-26-50(46)58-54(51)56)37-29-33-40(34-30-37)55(48-24-12-22-45-44-18-6-8-25-49(44)57-53(45)48)39-31-27-36(28-32-39)42-20-10-14-35-13-4-5-17-41(35)42/h1-34H.